The summed E-state index contributed by atoms with van der Waals surface area (Å²) in [6.07, 6.45) is -4.50. The number of hydrogen-bond donors (Lipinski definition) is 2. The Morgan fingerprint density at radius 1 is 1.23 bits per heavy atom. The summed E-state index contributed by atoms with van der Waals surface area (Å²) in [6.45, 7) is 0. The van der Waals surface area contributed by atoms with Crippen LogP contribution in [0.3, 0.4) is 0 Å². The second kappa shape index (κ2) is 4.70. The molecule has 0 aliphatic rings. The molecule has 0 atom stereocenters. The predicted octanol–water partition coefficient (Wildman–Crippen LogP) is 4.34. The van der Waals surface area contributed by atoms with Crippen molar-refractivity contribution >= 4 is 43.6 Å². The number of primary amides is 1. The minimum Gasteiger partial charge on any atom is -0.366 e. The van der Waals surface area contributed by atoms with Crippen molar-refractivity contribution in [1.29, 1.82) is 0 Å². The number of benzene rings is 2. The van der Waals surface area contributed by atoms with Crippen LogP contribution in [0.25, 0.3) is 21.8 Å². The summed E-state index contributed by atoms with van der Waals surface area (Å²) >= 11 is 3.05. The van der Waals surface area contributed by atoms with Crippen LogP contribution in [0.2, 0.25) is 0 Å². The summed E-state index contributed by atoms with van der Waals surface area (Å²) in [5.41, 5.74) is 4.56. The minimum atomic E-state index is -4.50. The molecule has 3 nitrogen and oxygen atoms in total. The first-order valence-electron chi connectivity index (χ1n) is 6.00. The normalized spacial score (nSPS) is 12.2. The molecule has 1 heterocycles. The second-order valence-corrected chi connectivity index (χ2v) is 5.51. The van der Waals surface area contributed by atoms with Crippen LogP contribution < -0.4 is 5.73 Å². The smallest absolute Gasteiger partial charge is 0.366 e. The average Bonchev–Trinajstić information content (AvgIpc) is 2.79. The van der Waals surface area contributed by atoms with Crippen LogP contribution in [0.4, 0.5) is 17.6 Å². The van der Waals surface area contributed by atoms with E-state index in [-0.39, 0.29) is 26.5 Å². The first kappa shape index (κ1) is 14.8. The van der Waals surface area contributed by atoms with E-state index in [1.165, 1.54) is 6.07 Å². The highest BCUT2D eigenvalue weighted by Crippen LogP contribution is 2.38. The van der Waals surface area contributed by atoms with Gasteiger partial charge in [-0.05, 0) is 34.1 Å². The van der Waals surface area contributed by atoms with Crippen molar-refractivity contribution in [3.05, 3.63) is 45.7 Å². The van der Waals surface area contributed by atoms with Gasteiger partial charge in [0.1, 0.15) is 5.82 Å². The number of fused-ring (bicyclic) bond motifs is 3. The summed E-state index contributed by atoms with van der Waals surface area (Å²) in [7, 11) is 0. The molecule has 0 fully saturated rings. The molecule has 2 aromatic carbocycles. The first-order chi connectivity index (χ1) is 10.2. The Balaban J connectivity index is 2.46. The SMILES string of the molecule is NC(=O)c1cc(F)c(Br)c2c1[nH]c1cc(C(F)(F)F)ccc12. The lowest BCUT2D eigenvalue weighted by Crippen LogP contribution is -2.12. The van der Waals surface area contributed by atoms with Crippen LogP contribution in [0.1, 0.15) is 15.9 Å². The van der Waals surface area contributed by atoms with Crippen LogP contribution in [0.5, 0.6) is 0 Å². The largest absolute Gasteiger partial charge is 0.416 e. The predicted molar refractivity (Wildman–Crippen MR) is 77.0 cm³/mol. The molecule has 0 unspecified atom stereocenters. The van der Waals surface area contributed by atoms with Crippen LogP contribution in [-0.4, -0.2) is 10.9 Å². The highest BCUT2D eigenvalue weighted by Gasteiger charge is 2.31. The molecule has 8 heteroatoms. The van der Waals surface area contributed by atoms with E-state index in [0.717, 1.165) is 18.2 Å². The van der Waals surface area contributed by atoms with Crippen molar-refractivity contribution in [3.8, 4) is 0 Å². The Kier molecular flexibility index (Phi) is 3.17. The molecule has 0 saturated carbocycles. The van der Waals surface area contributed by atoms with Gasteiger partial charge in [-0.2, -0.15) is 13.2 Å². The van der Waals surface area contributed by atoms with Gasteiger partial charge in [0.05, 0.1) is 21.1 Å². The lowest BCUT2D eigenvalue weighted by molar-refractivity contribution is -0.137. The van der Waals surface area contributed by atoms with Crippen molar-refractivity contribution in [2.24, 2.45) is 5.73 Å². The summed E-state index contributed by atoms with van der Waals surface area (Å²) in [5.74, 6) is -1.60. The second-order valence-electron chi connectivity index (χ2n) is 4.72. The highest BCUT2D eigenvalue weighted by molar-refractivity contribution is 9.10. The Hall–Kier alpha value is -2.09. The zero-order valence-electron chi connectivity index (χ0n) is 10.7. The van der Waals surface area contributed by atoms with Crippen LogP contribution in [-0.2, 0) is 6.18 Å². The standard InChI is InChI=1S/C14H7BrF4N2O/c15-11-8(16)4-7(13(20)22)12-10(11)6-2-1-5(14(17,18)19)3-9(6)21-12/h1-4,21H,(H2,20,22). The van der Waals surface area contributed by atoms with Gasteiger partial charge in [0.15, 0.2) is 0 Å². The Labute approximate surface area is 129 Å². The first-order valence-corrected chi connectivity index (χ1v) is 6.80. The van der Waals surface area contributed by atoms with Crippen LogP contribution in [0.15, 0.2) is 28.7 Å². The third-order valence-electron chi connectivity index (χ3n) is 3.36. The number of nitrogens with two attached hydrogens (primary N) is 1. The zero-order valence-corrected chi connectivity index (χ0v) is 12.3. The van der Waals surface area contributed by atoms with Gasteiger partial charge in [-0.15, -0.1) is 0 Å². The molecule has 0 radical (unpaired) electrons. The summed E-state index contributed by atoms with van der Waals surface area (Å²) < 4.78 is 52.2. The number of aromatic nitrogens is 1. The fourth-order valence-electron chi connectivity index (χ4n) is 2.38. The molecule has 3 N–H and O–H groups in total. The maximum atomic E-state index is 13.9. The number of halogens is 5. The molecule has 3 aromatic rings. The summed E-state index contributed by atoms with van der Waals surface area (Å²) in [5, 5.41) is 0.634. The van der Waals surface area contributed by atoms with Gasteiger partial charge < -0.3 is 10.7 Å². The van der Waals surface area contributed by atoms with E-state index in [0.29, 0.717) is 5.39 Å². The van der Waals surface area contributed by atoms with E-state index in [1.807, 2.05) is 0 Å². The number of carbonyl (C=O) groups is 1. The average molecular weight is 375 g/mol. The molecular formula is C14H7BrF4N2O. The lowest BCUT2D eigenvalue weighted by Gasteiger charge is -2.06. The third-order valence-corrected chi connectivity index (χ3v) is 4.14. The zero-order chi connectivity index (χ0) is 16.2. The molecule has 0 saturated heterocycles. The fourth-order valence-corrected chi connectivity index (χ4v) is 2.91. The van der Waals surface area contributed by atoms with Crippen molar-refractivity contribution in [1.82, 2.24) is 4.98 Å². The summed E-state index contributed by atoms with van der Waals surface area (Å²) in [6, 6.07) is 3.97. The molecule has 114 valence electrons. The van der Waals surface area contributed by atoms with Gasteiger partial charge in [-0.1, -0.05) is 6.07 Å². The van der Waals surface area contributed by atoms with Crippen LogP contribution >= 0.6 is 15.9 Å². The van der Waals surface area contributed by atoms with Gasteiger partial charge in [-0.3, -0.25) is 4.79 Å². The number of carbonyl (C=O) groups excluding carboxylic acids is 1. The lowest BCUT2D eigenvalue weighted by atomic mass is 10.1. The van der Waals surface area contributed by atoms with Gasteiger partial charge >= 0.3 is 6.18 Å². The third kappa shape index (κ3) is 2.14. The molecule has 0 spiro atoms. The quantitative estimate of drug-likeness (QED) is 0.611. The monoisotopic (exact) mass is 374 g/mol. The molecular weight excluding hydrogens is 368 g/mol. The fraction of sp³-hybridized carbons (Fsp3) is 0.0714. The van der Waals surface area contributed by atoms with E-state index in [4.69, 9.17) is 5.73 Å². The van der Waals surface area contributed by atoms with Crippen molar-refractivity contribution in [2.45, 2.75) is 6.18 Å². The topological polar surface area (TPSA) is 58.9 Å². The van der Waals surface area contributed by atoms with Gasteiger partial charge in [-0.25, -0.2) is 4.39 Å². The number of nitrogens with one attached hydrogen (secondary N) is 1. The Morgan fingerprint density at radius 2 is 1.91 bits per heavy atom. The van der Waals surface area contributed by atoms with E-state index < -0.39 is 23.5 Å². The van der Waals surface area contributed by atoms with E-state index in [9.17, 15) is 22.4 Å². The van der Waals surface area contributed by atoms with Crippen molar-refractivity contribution in [2.75, 3.05) is 0 Å². The molecule has 1 amide bonds. The van der Waals surface area contributed by atoms with E-state index in [1.54, 1.807) is 0 Å². The number of alkyl halides is 3. The highest BCUT2D eigenvalue weighted by atomic mass is 79.9. The molecule has 0 aliphatic carbocycles. The number of H-pyrrole nitrogens is 1. The maximum absolute atomic E-state index is 13.9. The van der Waals surface area contributed by atoms with Crippen molar-refractivity contribution < 1.29 is 22.4 Å². The Morgan fingerprint density at radius 3 is 2.50 bits per heavy atom. The van der Waals surface area contributed by atoms with E-state index in [2.05, 4.69) is 20.9 Å². The molecule has 0 bridgehead atoms. The maximum Gasteiger partial charge on any atom is 0.416 e. The van der Waals surface area contributed by atoms with Gasteiger partial charge in [0.2, 0.25) is 0 Å². The summed E-state index contributed by atoms with van der Waals surface area (Å²) in [4.78, 5) is 14.1. The minimum absolute atomic E-state index is 0.0542. The van der Waals surface area contributed by atoms with Gasteiger partial charge in [0, 0.05) is 16.3 Å². The van der Waals surface area contributed by atoms with Crippen molar-refractivity contribution in [3.63, 3.8) is 0 Å². The van der Waals surface area contributed by atoms with Crippen LogP contribution in [0, 0.1) is 5.82 Å². The molecule has 0 aliphatic heterocycles. The number of hydrogen-bond acceptors (Lipinski definition) is 1. The number of amides is 1. The van der Waals surface area contributed by atoms with E-state index >= 15 is 0 Å². The molecule has 1 aromatic heterocycles. The molecule has 22 heavy (non-hydrogen) atoms. The van der Waals surface area contributed by atoms with Gasteiger partial charge in [0.25, 0.3) is 5.91 Å². The Bertz CT molecular complexity index is 930. The molecule has 3 rings (SSSR count). The number of aromatic amines is 1. The number of rotatable bonds is 1.